The van der Waals surface area contributed by atoms with E-state index in [0.717, 1.165) is 0 Å². The van der Waals surface area contributed by atoms with Crippen molar-refractivity contribution in [3.8, 4) is 0 Å². The van der Waals surface area contributed by atoms with Crippen molar-refractivity contribution in [2.24, 2.45) is 0 Å². The van der Waals surface area contributed by atoms with E-state index in [2.05, 4.69) is 4.74 Å². The topological polar surface area (TPSA) is 60.4 Å². The standard InChI is InChI=1S/C11H10O4/c1-7(13)9-3-8(6-12)4-10(5-9)11(14)15-2/h3-6H,1-2H3. The second kappa shape index (κ2) is 4.50. The number of carbonyl (C=O) groups excluding carboxylic acids is 3. The number of methoxy groups -OCH3 is 1. The van der Waals surface area contributed by atoms with Gasteiger partial charge in [0.25, 0.3) is 0 Å². The zero-order chi connectivity index (χ0) is 11.4. The maximum atomic E-state index is 11.2. The number of rotatable bonds is 3. The average molecular weight is 206 g/mol. The SMILES string of the molecule is COC(=O)c1cc(C=O)cc(C(C)=O)c1. The Bertz CT molecular complexity index is 421. The van der Waals surface area contributed by atoms with Gasteiger partial charge in [-0.05, 0) is 25.1 Å². The fraction of sp³-hybridized carbons (Fsp3) is 0.182. The maximum absolute atomic E-state index is 11.2. The Morgan fingerprint density at radius 2 is 1.80 bits per heavy atom. The first kappa shape index (κ1) is 11.1. The minimum absolute atomic E-state index is 0.201. The van der Waals surface area contributed by atoms with Crippen LogP contribution in [0, 0.1) is 0 Å². The summed E-state index contributed by atoms with van der Waals surface area (Å²) in [5.74, 6) is -0.773. The first-order chi connectivity index (χ1) is 7.08. The lowest BCUT2D eigenvalue weighted by Crippen LogP contribution is -2.05. The molecule has 0 heterocycles. The normalized spacial score (nSPS) is 9.47. The summed E-state index contributed by atoms with van der Waals surface area (Å²) in [7, 11) is 1.24. The van der Waals surface area contributed by atoms with E-state index in [1.165, 1.54) is 32.2 Å². The van der Waals surface area contributed by atoms with Crippen LogP contribution in [0.3, 0.4) is 0 Å². The predicted molar refractivity (Wildman–Crippen MR) is 53.2 cm³/mol. The van der Waals surface area contributed by atoms with E-state index in [0.29, 0.717) is 11.8 Å². The molecule has 0 fully saturated rings. The molecule has 0 aliphatic carbocycles. The maximum Gasteiger partial charge on any atom is 0.337 e. The molecule has 0 bridgehead atoms. The van der Waals surface area contributed by atoms with Gasteiger partial charge in [0.1, 0.15) is 6.29 Å². The van der Waals surface area contributed by atoms with Crippen LogP contribution in [0.2, 0.25) is 0 Å². The highest BCUT2D eigenvalue weighted by atomic mass is 16.5. The van der Waals surface area contributed by atoms with Crippen molar-refractivity contribution in [3.63, 3.8) is 0 Å². The fourth-order valence-electron chi connectivity index (χ4n) is 1.16. The zero-order valence-corrected chi connectivity index (χ0v) is 8.44. The smallest absolute Gasteiger partial charge is 0.337 e. The summed E-state index contributed by atoms with van der Waals surface area (Å²) in [4.78, 5) is 32.9. The number of carbonyl (C=O) groups is 3. The van der Waals surface area contributed by atoms with Gasteiger partial charge in [-0.25, -0.2) is 4.79 Å². The molecule has 0 unspecified atom stereocenters. The number of Topliss-reactive ketones (excluding diaryl/α,β-unsaturated/α-hetero) is 1. The highest BCUT2D eigenvalue weighted by Gasteiger charge is 2.10. The van der Waals surface area contributed by atoms with E-state index in [4.69, 9.17) is 0 Å². The van der Waals surface area contributed by atoms with Crippen LogP contribution in [0.4, 0.5) is 0 Å². The summed E-state index contributed by atoms with van der Waals surface area (Å²) >= 11 is 0. The van der Waals surface area contributed by atoms with Crippen LogP contribution in [-0.2, 0) is 4.74 Å². The molecule has 0 spiro atoms. The Kier molecular flexibility index (Phi) is 3.33. The molecule has 4 nitrogen and oxygen atoms in total. The fourth-order valence-corrected chi connectivity index (χ4v) is 1.16. The third-order valence-electron chi connectivity index (χ3n) is 1.92. The number of hydrogen-bond donors (Lipinski definition) is 0. The van der Waals surface area contributed by atoms with Gasteiger partial charge in [0.2, 0.25) is 0 Å². The summed E-state index contributed by atoms with van der Waals surface area (Å²) in [6.45, 7) is 1.37. The second-order valence-electron chi connectivity index (χ2n) is 3.01. The van der Waals surface area contributed by atoms with E-state index in [1.807, 2.05) is 0 Å². The molecule has 0 aliphatic heterocycles. The molecule has 15 heavy (non-hydrogen) atoms. The highest BCUT2D eigenvalue weighted by molar-refractivity contribution is 6.00. The molecule has 0 aliphatic rings. The number of hydrogen-bond acceptors (Lipinski definition) is 4. The van der Waals surface area contributed by atoms with Gasteiger partial charge in [0, 0.05) is 11.1 Å². The molecule has 0 aromatic heterocycles. The molecular weight excluding hydrogens is 196 g/mol. The first-order valence-electron chi connectivity index (χ1n) is 4.28. The van der Waals surface area contributed by atoms with Crippen LogP contribution in [0.25, 0.3) is 0 Å². The second-order valence-corrected chi connectivity index (χ2v) is 3.01. The summed E-state index contributed by atoms with van der Waals surface area (Å²) in [6.07, 6.45) is 0.582. The Hall–Kier alpha value is -1.97. The van der Waals surface area contributed by atoms with E-state index in [-0.39, 0.29) is 16.9 Å². The quantitative estimate of drug-likeness (QED) is 0.427. The Morgan fingerprint density at radius 1 is 1.20 bits per heavy atom. The molecule has 0 saturated heterocycles. The Balaban J connectivity index is 3.28. The van der Waals surface area contributed by atoms with Gasteiger partial charge in [-0.2, -0.15) is 0 Å². The minimum atomic E-state index is -0.568. The number of ether oxygens (including phenoxy) is 1. The third-order valence-corrected chi connectivity index (χ3v) is 1.92. The first-order valence-corrected chi connectivity index (χ1v) is 4.28. The van der Waals surface area contributed by atoms with Crippen LogP contribution >= 0.6 is 0 Å². The lowest BCUT2D eigenvalue weighted by molar-refractivity contribution is 0.0600. The van der Waals surface area contributed by atoms with Crippen molar-refractivity contribution >= 4 is 18.0 Å². The molecule has 0 radical (unpaired) electrons. The lowest BCUT2D eigenvalue weighted by Gasteiger charge is -2.02. The average Bonchev–Trinajstić information content (AvgIpc) is 2.27. The van der Waals surface area contributed by atoms with E-state index in [9.17, 15) is 14.4 Å². The van der Waals surface area contributed by atoms with Crippen LogP contribution < -0.4 is 0 Å². The number of esters is 1. The van der Waals surface area contributed by atoms with Crippen LogP contribution in [-0.4, -0.2) is 25.1 Å². The summed E-state index contributed by atoms with van der Waals surface area (Å²) < 4.78 is 4.50. The zero-order valence-electron chi connectivity index (χ0n) is 8.44. The van der Waals surface area contributed by atoms with Crippen molar-refractivity contribution < 1.29 is 19.1 Å². The van der Waals surface area contributed by atoms with E-state index in [1.54, 1.807) is 0 Å². The molecule has 78 valence electrons. The monoisotopic (exact) mass is 206 g/mol. The lowest BCUT2D eigenvalue weighted by atomic mass is 10.0. The molecular formula is C11H10O4. The predicted octanol–water partition coefficient (Wildman–Crippen LogP) is 1.49. The molecule has 0 N–H and O–H groups in total. The van der Waals surface area contributed by atoms with Crippen molar-refractivity contribution in [1.82, 2.24) is 0 Å². The molecule has 0 amide bonds. The molecule has 0 atom stereocenters. The van der Waals surface area contributed by atoms with Gasteiger partial charge in [0.05, 0.1) is 12.7 Å². The van der Waals surface area contributed by atoms with Gasteiger partial charge in [0.15, 0.2) is 5.78 Å². The van der Waals surface area contributed by atoms with Gasteiger partial charge in [-0.1, -0.05) is 0 Å². The van der Waals surface area contributed by atoms with Crippen LogP contribution in [0.1, 0.15) is 38.0 Å². The molecule has 1 aromatic rings. The largest absolute Gasteiger partial charge is 0.465 e. The van der Waals surface area contributed by atoms with Crippen molar-refractivity contribution in [2.75, 3.05) is 7.11 Å². The van der Waals surface area contributed by atoms with E-state index >= 15 is 0 Å². The van der Waals surface area contributed by atoms with Gasteiger partial charge >= 0.3 is 5.97 Å². The summed E-state index contributed by atoms with van der Waals surface area (Å²) in [5.41, 5.74) is 0.801. The van der Waals surface area contributed by atoms with Crippen molar-refractivity contribution in [2.45, 2.75) is 6.92 Å². The molecule has 1 rings (SSSR count). The van der Waals surface area contributed by atoms with Crippen LogP contribution in [0.15, 0.2) is 18.2 Å². The van der Waals surface area contributed by atoms with Gasteiger partial charge in [-0.15, -0.1) is 0 Å². The van der Waals surface area contributed by atoms with Crippen molar-refractivity contribution in [1.29, 1.82) is 0 Å². The minimum Gasteiger partial charge on any atom is -0.465 e. The van der Waals surface area contributed by atoms with Crippen molar-refractivity contribution in [3.05, 3.63) is 34.9 Å². The summed E-state index contributed by atoms with van der Waals surface area (Å²) in [5, 5.41) is 0. The van der Waals surface area contributed by atoms with Gasteiger partial charge < -0.3 is 4.74 Å². The number of aldehydes is 1. The third kappa shape index (κ3) is 2.49. The molecule has 1 aromatic carbocycles. The molecule has 4 heteroatoms. The van der Waals surface area contributed by atoms with Crippen LogP contribution in [0.5, 0.6) is 0 Å². The summed E-state index contributed by atoms with van der Waals surface area (Å²) in [6, 6.07) is 4.22. The van der Waals surface area contributed by atoms with Gasteiger partial charge in [-0.3, -0.25) is 9.59 Å². The molecule has 0 saturated carbocycles. The Labute approximate surface area is 86.9 Å². The number of ketones is 1. The number of benzene rings is 1. The Morgan fingerprint density at radius 3 is 2.27 bits per heavy atom. The highest BCUT2D eigenvalue weighted by Crippen LogP contribution is 2.11. The van der Waals surface area contributed by atoms with E-state index < -0.39 is 5.97 Å².